The molecule has 0 unspecified atom stereocenters. The third-order valence-corrected chi connectivity index (χ3v) is 5.90. The Morgan fingerprint density at radius 3 is 2.74 bits per heavy atom. The Hall–Kier alpha value is -2.06. The van der Waals surface area contributed by atoms with Crippen molar-refractivity contribution in [2.75, 3.05) is 5.75 Å². The Morgan fingerprint density at radius 2 is 2.17 bits per heavy atom. The van der Waals surface area contributed by atoms with Crippen LogP contribution < -0.4 is 0 Å². The molecule has 1 aromatic rings. The number of carbonyl (C=O) groups is 2. The number of nitro benzene ring substituents is 1. The standard InChI is InChI=1S/C15H13NO5S2/c1-9-8-22-15(23-9)13(14(18)19)12(17)6-5-10-3-2-4-11(7-10)16(20)21/h2-7,9H,8H2,1H3,(H,18,19)/b6-5-,15-13+/t9-/m1/s1. The number of non-ortho nitro benzene ring substituents is 1. The van der Waals surface area contributed by atoms with E-state index in [1.165, 1.54) is 47.8 Å². The van der Waals surface area contributed by atoms with E-state index in [-0.39, 0.29) is 16.5 Å². The van der Waals surface area contributed by atoms with Gasteiger partial charge in [0.05, 0.1) is 9.16 Å². The van der Waals surface area contributed by atoms with E-state index in [1.54, 1.807) is 6.07 Å². The van der Waals surface area contributed by atoms with E-state index >= 15 is 0 Å². The monoisotopic (exact) mass is 351 g/mol. The van der Waals surface area contributed by atoms with Gasteiger partial charge in [-0.2, -0.15) is 0 Å². The minimum absolute atomic E-state index is 0.0906. The molecule has 0 amide bonds. The molecule has 0 bridgehead atoms. The lowest BCUT2D eigenvalue weighted by molar-refractivity contribution is -0.384. The van der Waals surface area contributed by atoms with Crippen molar-refractivity contribution in [3.05, 3.63) is 55.8 Å². The summed E-state index contributed by atoms with van der Waals surface area (Å²) in [4.78, 5) is 33.7. The highest BCUT2D eigenvalue weighted by Crippen LogP contribution is 2.43. The lowest BCUT2D eigenvalue weighted by Crippen LogP contribution is -2.11. The average Bonchev–Trinajstić information content (AvgIpc) is 2.91. The number of carboxylic acid groups (broad SMARTS) is 1. The fourth-order valence-corrected chi connectivity index (χ4v) is 4.70. The van der Waals surface area contributed by atoms with Crippen molar-refractivity contribution >= 4 is 47.0 Å². The van der Waals surface area contributed by atoms with Crippen LogP contribution in [0.2, 0.25) is 0 Å². The quantitative estimate of drug-likeness (QED) is 0.286. The summed E-state index contributed by atoms with van der Waals surface area (Å²) in [6.07, 6.45) is 2.52. The molecule has 2 rings (SSSR count). The summed E-state index contributed by atoms with van der Waals surface area (Å²) < 4.78 is 0.513. The predicted octanol–water partition coefficient (Wildman–Crippen LogP) is 3.34. The molecule has 6 nitrogen and oxygen atoms in total. The third-order valence-electron chi connectivity index (χ3n) is 2.93. The molecule has 1 heterocycles. The molecule has 1 aromatic carbocycles. The van der Waals surface area contributed by atoms with Crippen molar-refractivity contribution in [2.45, 2.75) is 12.2 Å². The number of rotatable bonds is 5. The molecule has 23 heavy (non-hydrogen) atoms. The molecule has 120 valence electrons. The second-order valence-corrected chi connectivity index (χ2v) is 7.49. The van der Waals surface area contributed by atoms with Gasteiger partial charge in [-0.1, -0.05) is 25.1 Å². The Labute approximate surface area is 140 Å². The van der Waals surface area contributed by atoms with Gasteiger partial charge in [0, 0.05) is 23.1 Å². The highest BCUT2D eigenvalue weighted by Gasteiger charge is 2.27. The van der Waals surface area contributed by atoms with Gasteiger partial charge in [0.25, 0.3) is 5.69 Å². The lowest BCUT2D eigenvalue weighted by atomic mass is 10.1. The number of ketones is 1. The fraction of sp³-hybridized carbons (Fsp3) is 0.200. The zero-order chi connectivity index (χ0) is 17.0. The molecular formula is C15H13NO5S2. The molecule has 1 aliphatic heterocycles. The van der Waals surface area contributed by atoms with Gasteiger partial charge in [-0.15, -0.1) is 23.5 Å². The normalized spacial score (nSPS) is 19.8. The molecular weight excluding hydrogens is 338 g/mol. The summed E-state index contributed by atoms with van der Waals surface area (Å²) in [5, 5.41) is 20.3. The number of hydrogen-bond donors (Lipinski definition) is 1. The van der Waals surface area contributed by atoms with Crippen molar-refractivity contribution in [3.8, 4) is 0 Å². The molecule has 8 heteroatoms. The van der Waals surface area contributed by atoms with Crippen molar-refractivity contribution in [1.29, 1.82) is 0 Å². The number of aliphatic carboxylic acids is 1. The van der Waals surface area contributed by atoms with Crippen molar-refractivity contribution in [2.24, 2.45) is 0 Å². The van der Waals surface area contributed by atoms with E-state index in [9.17, 15) is 24.8 Å². The average molecular weight is 351 g/mol. The Kier molecular flexibility index (Phi) is 5.62. The summed E-state index contributed by atoms with van der Waals surface area (Å²) in [6, 6.07) is 5.77. The number of benzene rings is 1. The number of nitrogens with zero attached hydrogens (tertiary/aromatic N) is 1. The maximum absolute atomic E-state index is 12.2. The first-order chi connectivity index (χ1) is 10.9. The zero-order valence-electron chi connectivity index (χ0n) is 12.1. The maximum atomic E-state index is 12.2. The third kappa shape index (κ3) is 4.46. The summed E-state index contributed by atoms with van der Waals surface area (Å²) in [6.45, 7) is 1.97. The zero-order valence-corrected chi connectivity index (χ0v) is 13.7. The molecule has 0 saturated carbocycles. The SMILES string of the molecule is C[C@@H]1CS/C(=C(\C(=O)O)C(=O)/C=C\c2cccc([N+](=O)[O-])c2)S1. The minimum Gasteiger partial charge on any atom is -0.477 e. The second kappa shape index (κ2) is 7.47. The largest absolute Gasteiger partial charge is 0.477 e. The van der Waals surface area contributed by atoms with E-state index in [4.69, 9.17) is 0 Å². The van der Waals surface area contributed by atoms with Crippen LogP contribution in [-0.4, -0.2) is 32.8 Å². The van der Waals surface area contributed by atoms with E-state index in [1.807, 2.05) is 6.92 Å². The van der Waals surface area contributed by atoms with Crippen LogP contribution in [0.1, 0.15) is 12.5 Å². The minimum atomic E-state index is -1.26. The fourth-order valence-electron chi connectivity index (χ4n) is 1.87. The Bertz CT molecular complexity index is 726. The Morgan fingerprint density at radius 1 is 1.43 bits per heavy atom. The van der Waals surface area contributed by atoms with Gasteiger partial charge in [0.1, 0.15) is 5.57 Å². The summed E-state index contributed by atoms with van der Waals surface area (Å²) in [5.74, 6) is -1.12. The van der Waals surface area contributed by atoms with Crippen LogP contribution >= 0.6 is 23.5 Å². The molecule has 1 saturated heterocycles. The molecule has 0 aromatic heterocycles. The molecule has 1 aliphatic rings. The van der Waals surface area contributed by atoms with Gasteiger partial charge in [-0.05, 0) is 11.6 Å². The predicted molar refractivity (Wildman–Crippen MR) is 91.3 cm³/mol. The van der Waals surface area contributed by atoms with Gasteiger partial charge in [-0.3, -0.25) is 14.9 Å². The molecule has 1 fully saturated rings. The van der Waals surface area contributed by atoms with E-state index in [2.05, 4.69) is 0 Å². The van der Waals surface area contributed by atoms with Gasteiger partial charge in [-0.25, -0.2) is 4.79 Å². The van der Waals surface area contributed by atoms with Crippen LogP contribution in [0.15, 0.2) is 40.2 Å². The lowest BCUT2D eigenvalue weighted by Gasteiger charge is -2.02. The number of hydrogen-bond acceptors (Lipinski definition) is 6. The Balaban J connectivity index is 2.24. The van der Waals surface area contributed by atoms with Gasteiger partial charge >= 0.3 is 5.97 Å². The van der Waals surface area contributed by atoms with Crippen LogP contribution in [0.5, 0.6) is 0 Å². The van der Waals surface area contributed by atoms with Crippen molar-refractivity contribution < 1.29 is 19.6 Å². The smallest absolute Gasteiger partial charge is 0.341 e. The summed E-state index contributed by atoms with van der Waals surface area (Å²) >= 11 is 2.74. The number of nitro groups is 1. The number of carboxylic acids is 1. The van der Waals surface area contributed by atoms with Crippen LogP contribution in [0.4, 0.5) is 5.69 Å². The number of carbonyl (C=O) groups excluding carboxylic acids is 1. The number of thioether (sulfide) groups is 2. The maximum Gasteiger partial charge on any atom is 0.341 e. The van der Waals surface area contributed by atoms with Crippen LogP contribution in [0, 0.1) is 10.1 Å². The van der Waals surface area contributed by atoms with Gasteiger partial charge < -0.3 is 5.11 Å². The number of allylic oxidation sites excluding steroid dienone is 1. The van der Waals surface area contributed by atoms with Crippen LogP contribution in [0.3, 0.4) is 0 Å². The van der Waals surface area contributed by atoms with Crippen LogP contribution in [-0.2, 0) is 9.59 Å². The van der Waals surface area contributed by atoms with Gasteiger partial charge in [0.2, 0.25) is 0 Å². The van der Waals surface area contributed by atoms with Gasteiger partial charge in [0.15, 0.2) is 5.78 Å². The first kappa shape index (κ1) is 17.3. The van der Waals surface area contributed by atoms with Crippen LogP contribution in [0.25, 0.3) is 6.08 Å². The second-order valence-electron chi connectivity index (χ2n) is 4.76. The highest BCUT2D eigenvalue weighted by atomic mass is 32.2. The summed E-state index contributed by atoms with van der Waals surface area (Å²) in [5.41, 5.74) is 0.126. The molecule has 1 atom stereocenters. The summed E-state index contributed by atoms with van der Waals surface area (Å²) in [7, 11) is 0. The van der Waals surface area contributed by atoms with E-state index in [0.717, 1.165) is 11.8 Å². The van der Waals surface area contributed by atoms with E-state index < -0.39 is 16.7 Å². The first-order valence-electron chi connectivity index (χ1n) is 6.62. The first-order valence-corrected chi connectivity index (χ1v) is 8.49. The molecule has 0 aliphatic carbocycles. The van der Waals surface area contributed by atoms with Crippen molar-refractivity contribution in [1.82, 2.24) is 0 Å². The molecule has 1 N–H and O–H groups in total. The van der Waals surface area contributed by atoms with Crippen molar-refractivity contribution in [3.63, 3.8) is 0 Å². The molecule has 0 radical (unpaired) electrons. The highest BCUT2D eigenvalue weighted by molar-refractivity contribution is 8.25. The topological polar surface area (TPSA) is 97.5 Å². The van der Waals surface area contributed by atoms with E-state index in [0.29, 0.717) is 9.80 Å². The molecule has 0 spiro atoms.